The molecule has 5 rings (SSSR count). The number of aliphatic hydroxyl groups excluding tert-OH is 4. The molecule has 28 nitrogen and oxygen atoms in total. The molecule has 2 aromatic carbocycles. The number of amides is 9. The minimum Gasteiger partial charge on any atom is -0.485 e. The van der Waals surface area contributed by atoms with Crippen molar-refractivity contribution in [2.45, 2.75) is 180 Å². The van der Waals surface area contributed by atoms with Crippen LogP contribution in [0.1, 0.15) is 111 Å². The number of likely N-dealkylation sites (N-methyl/N-ethyl adjacent to an activating group) is 2. The molecule has 9 amide bonds. The first-order chi connectivity index (χ1) is 43.4. The van der Waals surface area contributed by atoms with Crippen LogP contribution < -0.4 is 31.7 Å². The normalized spacial score (nSPS) is 22.2. The predicted octanol–water partition coefficient (Wildman–Crippen LogP) is 1.21. The summed E-state index contributed by atoms with van der Waals surface area (Å²) in [5.74, 6) is -9.96. The lowest BCUT2D eigenvalue weighted by Gasteiger charge is -2.41. The Morgan fingerprint density at radius 3 is 2.03 bits per heavy atom. The van der Waals surface area contributed by atoms with Crippen molar-refractivity contribution in [3.8, 4) is 5.75 Å². The van der Waals surface area contributed by atoms with Gasteiger partial charge >= 0.3 is 12.1 Å². The lowest BCUT2D eigenvalue weighted by atomic mass is 9.80. The Balaban J connectivity index is 1.28. The molecule has 28 heteroatoms. The summed E-state index contributed by atoms with van der Waals surface area (Å²) in [6, 6.07) is 7.57. The van der Waals surface area contributed by atoms with Gasteiger partial charge in [0, 0.05) is 72.9 Å². The summed E-state index contributed by atoms with van der Waals surface area (Å²) in [4.78, 5) is 139. The van der Waals surface area contributed by atoms with E-state index in [-0.39, 0.29) is 47.7 Å². The van der Waals surface area contributed by atoms with E-state index in [0.29, 0.717) is 36.3 Å². The Kier molecular flexibility index (Phi) is 28.0. The molecule has 16 atom stereocenters. The van der Waals surface area contributed by atoms with Crippen molar-refractivity contribution in [2.75, 3.05) is 53.3 Å². The summed E-state index contributed by atoms with van der Waals surface area (Å²) >= 11 is 0. The molecule has 1 unspecified atom stereocenters. The highest BCUT2D eigenvalue weighted by Crippen LogP contribution is 2.35. The number of nitrogens with zero attached hydrogens (tertiary/aromatic N) is 4. The van der Waals surface area contributed by atoms with Crippen LogP contribution in [0.5, 0.6) is 5.75 Å². The van der Waals surface area contributed by atoms with Gasteiger partial charge in [-0.25, -0.2) is 4.79 Å². The average Bonchev–Trinajstić information content (AvgIpc) is 0.878. The summed E-state index contributed by atoms with van der Waals surface area (Å²) in [7, 11) is 5.90. The fourth-order valence-electron chi connectivity index (χ4n) is 12.2. The fourth-order valence-corrected chi connectivity index (χ4v) is 12.2. The number of methoxy groups -OCH3 is 2. The molecule has 1 saturated carbocycles. The number of aliphatic hydroxyl groups is 4. The molecule has 0 radical (unpaired) electrons. The van der Waals surface area contributed by atoms with Gasteiger partial charge in [0.05, 0.1) is 66.5 Å². The maximum Gasteiger partial charge on any atom is 0.410 e. The highest BCUT2D eigenvalue weighted by Gasteiger charge is 2.48. The summed E-state index contributed by atoms with van der Waals surface area (Å²) in [5.41, 5.74) is 6.49. The van der Waals surface area contributed by atoms with Crippen LogP contribution in [-0.2, 0) is 64.0 Å². The molecular formula is C64H95N9O19. The van der Waals surface area contributed by atoms with E-state index in [1.54, 1.807) is 77.8 Å². The van der Waals surface area contributed by atoms with Gasteiger partial charge in [-0.05, 0) is 60.8 Å². The van der Waals surface area contributed by atoms with Crippen molar-refractivity contribution < 1.29 is 92.4 Å². The maximum atomic E-state index is 14.9. The molecule has 92 heavy (non-hydrogen) atoms. The van der Waals surface area contributed by atoms with Crippen LogP contribution in [0.25, 0.3) is 0 Å². The van der Waals surface area contributed by atoms with E-state index < -0.39 is 176 Å². The molecule has 3 aliphatic rings. The third kappa shape index (κ3) is 18.6. The molecule has 0 spiro atoms. The Hall–Kier alpha value is -7.60. The molecule has 2 aromatic rings. The van der Waals surface area contributed by atoms with Gasteiger partial charge in [0.15, 0.2) is 0 Å². The van der Waals surface area contributed by atoms with Crippen LogP contribution in [0.3, 0.4) is 0 Å². The van der Waals surface area contributed by atoms with Gasteiger partial charge < -0.3 is 81.3 Å². The van der Waals surface area contributed by atoms with Gasteiger partial charge in [-0.2, -0.15) is 0 Å². The summed E-state index contributed by atoms with van der Waals surface area (Å²) < 4.78 is 23.7. The molecule has 2 fully saturated rings. The molecule has 1 aliphatic carbocycles. The first-order valence-electron chi connectivity index (χ1n) is 31.2. The number of ether oxygens (including phenoxy) is 4. The number of anilines is 1. The lowest BCUT2D eigenvalue weighted by Crippen LogP contribution is -2.60. The monoisotopic (exact) mass is 1290 g/mol. The molecule has 11 N–H and O–H groups in total. The summed E-state index contributed by atoms with van der Waals surface area (Å²) in [5, 5.41) is 63.4. The highest BCUT2D eigenvalue weighted by molar-refractivity contribution is 6.15. The standard InChI is InChI=1S/C64H95N9O19/c1-13-35(6)53(45(89-11)30-50(77)72-27-17-20-42(72)58(90-12)36(7)59(82)67-37(8)54(78)39-18-15-14-16-19-39)70(9)62(85)51(33(2)3)69-61(84)52(34(4)5)71(10)64(88)91-32-38-21-22-44(92-46-29-40(63(86)87)55(79)57(81)56(46)80)41(28-38)68-47(74)25-26-66-60(83)43(31-65)73-48(75)23-24-49(73)76/h14-16,18-19,21-24,28,33-37,40,42-43,45-46,51-58,78-81H,13,17,20,25-27,29-32,65H2,1-12H3,(H,66,83)(H,67,82)(H,68,74)(H,69,84)(H,86,87)/t35-,36+,37+,40-,42-,43-,45+,46+,51?,52-,53-,54+,55+,56-,57-,58+/m0/s1. The minimum atomic E-state index is -1.93. The van der Waals surface area contributed by atoms with E-state index in [1.165, 1.54) is 44.4 Å². The molecule has 510 valence electrons. The number of nitrogens with one attached hydrogen (secondary N) is 4. The van der Waals surface area contributed by atoms with Crippen LogP contribution in [0.2, 0.25) is 0 Å². The number of carboxylic acids is 1. The number of carbonyl (C=O) groups excluding carboxylic acids is 9. The second kappa shape index (κ2) is 34.3. The van der Waals surface area contributed by atoms with Gasteiger partial charge in [-0.3, -0.25) is 53.0 Å². The third-order valence-corrected chi connectivity index (χ3v) is 17.7. The Bertz CT molecular complexity index is 2920. The number of imide groups is 1. The molecule has 1 saturated heterocycles. The molecule has 0 bridgehead atoms. The third-order valence-electron chi connectivity index (χ3n) is 17.7. The second-order valence-electron chi connectivity index (χ2n) is 24.7. The zero-order valence-electron chi connectivity index (χ0n) is 54.6. The number of aliphatic carboxylic acids is 1. The van der Waals surface area contributed by atoms with E-state index in [9.17, 15) is 73.5 Å². The maximum absolute atomic E-state index is 14.9. The van der Waals surface area contributed by atoms with E-state index in [2.05, 4.69) is 21.3 Å². The molecular weight excluding hydrogens is 1200 g/mol. The number of likely N-dealkylation sites (tertiary alicyclic amines) is 1. The van der Waals surface area contributed by atoms with Gasteiger partial charge in [0.2, 0.25) is 35.4 Å². The Morgan fingerprint density at radius 2 is 1.46 bits per heavy atom. The van der Waals surface area contributed by atoms with E-state index >= 15 is 0 Å². The van der Waals surface area contributed by atoms with Crippen molar-refractivity contribution in [2.24, 2.45) is 35.3 Å². The first-order valence-corrected chi connectivity index (χ1v) is 31.2. The van der Waals surface area contributed by atoms with E-state index in [0.717, 1.165) is 17.1 Å². The average molecular weight is 1290 g/mol. The van der Waals surface area contributed by atoms with Crippen LogP contribution in [0.4, 0.5) is 10.5 Å². The minimum absolute atomic E-state index is 0.105. The van der Waals surface area contributed by atoms with Crippen LogP contribution in [0.15, 0.2) is 60.7 Å². The van der Waals surface area contributed by atoms with Crippen molar-refractivity contribution in [1.29, 1.82) is 0 Å². The SMILES string of the molecule is CC[C@H](C)[C@@H]([C@@H](CC(=O)N1CCC[C@H]1[C@H](OC)[C@@H](C)C(=O)N[C@H](C)[C@@H](O)c1ccccc1)OC)N(C)C(=O)C(NC(=O)[C@H](C(C)C)N(C)C(=O)OCc1ccc(O[C@@H]2C[C@H](C(=O)O)[C@@H](O)[C@H](O)[C@H]2O)c(NC(=O)CCNC(=O)[C@H](CN)N2C(=O)C=CC2=O)c1)C(C)C. The van der Waals surface area contributed by atoms with Gasteiger partial charge in [0.25, 0.3) is 11.8 Å². The highest BCUT2D eigenvalue weighted by atomic mass is 16.6. The molecule has 2 aliphatic heterocycles. The van der Waals surface area contributed by atoms with Gasteiger partial charge in [0.1, 0.15) is 48.8 Å². The Morgan fingerprint density at radius 1 is 0.804 bits per heavy atom. The molecule has 0 aromatic heterocycles. The smallest absolute Gasteiger partial charge is 0.410 e. The van der Waals surface area contributed by atoms with Gasteiger partial charge in [-0.1, -0.05) is 91.3 Å². The number of hydrogen-bond donors (Lipinski definition) is 10. The van der Waals surface area contributed by atoms with Crippen molar-refractivity contribution >= 4 is 65.0 Å². The Labute approximate surface area is 536 Å². The predicted molar refractivity (Wildman–Crippen MR) is 333 cm³/mol. The quantitative estimate of drug-likeness (QED) is 0.0460. The molecule has 2 heterocycles. The second-order valence-corrected chi connectivity index (χ2v) is 24.7. The van der Waals surface area contributed by atoms with Crippen molar-refractivity contribution in [3.63, 3.8) is 0 Å². The van der Waals surface area contributed by atoms with Crippen molar-refractivity contribution in [3.05, 3.63) is 71.8 Å². The number of nitrogens with two attached hydrogens (primary N) is 1. The summed E-state index contributed by atoms with van der Waals surface area (Å²) in [6.07, 6.45) is -7.64. The van der Waals surface area contributed by atoms with Crippen LogP contribution in [-0.4, -0.2) is 225 Å². The number of carboxylic acid groups (broad SMARTS) is 1. The lowest BCUT2D eigenvalue weighted by molar-refractivity contribution is -0.174. The number of carbonyl (C=O) groups is 10. The van der Waals surface area contributed by atoms with E-state index in [4.69, 9.17) is 24.7 Å². The fraction of sp³-hybridized carbons (Fsp3) is 0.625. The van der Waals surface area contributed by atoms with Crippen LogP contribution in [0, 0.1) is 29.6 Å². The van der Waals surface area contributed by atoms with Gasteiger partial charge in [-0.15, -0.1) is 0 Å². The topological polar surface area (TPSA) is 396 Å². The zero-order valence-corrected chi connectivity index (χ0v) is 54.6. The number of benzene rings is 2. The largest absolute Gasteiger partial charge is 0.485 e. The number of rotatable bonds is 32. The summed E-state index contributed by atoms with van der Waals surface area (Å²) in [6.45, 7) is 13.4. The van der Waals surface area contributed by atoms with E-state index in [1.807, 2.05) is 19.9 Å². The number of hydrogen-bond acceptors (Lipinski definition) is 19. The first kappa shape index (κ1) is 75.1. The van der Waals surface area contributed by atoms with Crippen molar-refractivity contribution in [1.82, 2.24) is 35.6 Å². The van der Waals surface area contributed by atoms with Crippen LogP contribution >= 0.6 is 0 Å². The zero-order chi connectivity index (χ0) is 68.6.